The average Bonchev–Trinajstić information content (AvgIpc) is 3.01. The van der Waals surface area contributed by atoms with Crippen LogP contribution in [0.5, 0.6) is 0 Å². The lowest BCUT2D eigenvalue weighted by molar-refractivity contribution is -0.384. The molecule has 0 saturated heterocycles. The number of hydrazone groups is 1. The zero-order chi connectivity index (χ0) is 20.7. The number of rotatable bonds is 7. The van der Waals surface area contributed by atoms with Gasteiger partial charge in [0.1, 0.15) is 5.71 Å². The van der Waals surface area contributed by atoms with E-state index in [1.807, 2.05) is 0 Å². The quantitative estimate of drug-likeness (QED) is 0.313. The molecule has 11 nitrogen and oxygen atoms in total. The van der Waals surface area contributed by atoms with Crippen molar-refractivity contribution in [2.75, 3.05) is 5.43 Å². The van der Waals surface area contributed by atoms with E-state index in [1.165, 1.54) is 30.4 Å². The SMILES string of the molecule is CC(=O)NNc1nc(C)c(/C(C=Cc2ccc([N+](=O)[O-])cc2)=N/NC(N)=O)s1. The number of aromatic nitrogens is 1. The highest BCUT2D eigenvalue weighted by molar-refractivity contribution is 7.17. The van der Waals surface area contributed by atoms with Crippen molar-refractivity contribution >= 4 is 45.9 Å². The first-order valence-corrected chi connectivity index (χ1v) is 8.64. The molecule has 28 heavy (non-hydrogen) atoms. The largest absolute Gasteiger partial charge is 0.350 e. The number of nitro groups is 1. The second-order valence-corrected chi connectivity index (χ2v) is 6.39. The number of non-ortho nitro benzene ring substituents is 1. The number of carbonyl (C=O) groups excluding carboxylic acids is 2. The van der Waals surface area contributed by atoms with Gasteiger partial charge >= 0.3 is 6.03 Å². The number of hydrogen-bond donors (Lipinski definition) is 4. The molecule has 12 heteroatoms. The number of nitrogens with one attached hydrogen (secondary N) is 3. The van der Waals surface area contributed by atoms with Gasteiger partial charge in [-0.15, -0.1) is 0 Å². The predicted molar refractivity (Wildman–Crippen MR) is 106 cm³/mol. The fourth-order valence-corrected chi connectivity index (χ4v) is 2.88. The van der Waals surface area contributed by atoms with E-state index in [0.717, 1.165) is 0 Å². The summed E-state index contributed by atoms with van der Waals surface area (Å²) in [6.07, 6.45) is 3.28. The van der Waals surface area contributed by atoms with Gasteiger partial charge in [-0.05, 0) is 30.7 Å². The third-order valence-electron chi connectivity index (χ3n) is 3.20. The van der Waals surface area contributed by atoms with Crippen LogP contribution in [0.3, 0.4) is 0 Å². The van der Waals surface area contributed by atoms with Crippen molar-refractivity contribution < 1.29 is 14.5 Å². The van der Waals surface area contributed by atoms with Gasteiger partial charge in [-0.1, -0.05) is 17.4 Å². The number of nitrogens with two attached hydrogens (primary N) is 1. The van der Waals surface area contributed by atoms with Crippen molar-refractivity contribution in [1.29, 1.82) is 0 Å². The Kier molecular flexibility index (Phi) is 6.76. The van der Waals surface area contributed by atoms with Crippen molar-refractivity contribution in [2.45, 2.75) is 13.8 Å². The third-order valence-corrected chi connectivity index (χ3v) is 4.29. The zero-order valence-electron chi connectivity index (χ0n) is 14.9. The maximum Gasteiger partial charge on any atom is 0.332 e. The summed E-state index contributed by atoms with van der Waals surface area (Å²) in [4.78, 5) is 37.2. The minimum atomic E-state index is -0.833. The predicted octanol–water partition coefficient (Wildman–Crippen LogP) is 1.91. The Bertz CT molecular complexity index is 950. The van der Waals surface area contributed by atoms with Crippen molar-refractivity contribution in [1.82, 2.24) is 15.8 Å². The molecule has 1 heterocycles. The van der Waals surface area contributed by atoms with Gasteiger partial charge in [0, 0.05) is 19.1 Å². The maximum atomic E-state index is 11.0. The van der Waals surface area contributed by atoms with Crippen LogP contribution in [0.2, 0.25) is 0 Å². The normalized spacial score (nSPS) is 11.3. The number of aryl methyl sites for hydroxylation is 1. The summed E-state index contributed by atoms with van der Waals surface area (Å²) in [5.41, 5.74) is 14.0. The Hall–Kier alpha value is -3.80. The van der Waals surface area contributed by atoms with Crippen LogP contribution in [0.15, 0.2) is 35.4 Å². The summed E-state index contributed by atoms with van der Waals surface area (Å²) < 4.78 is 0. The molecule has 0 aliphatic rings. The number of anilines is 1. The second kappa shape index (κ2) is 9.23. The molecule has 146 valence electrons. The molecule has 0 aliphatic heterocycles. The Morgan fingerprint density at radius 1 is 1.32 bits per heavy atom. The summed E-state index contributed by atoms with van der Waals surface area (Å²) in [5, 5.41) is 15.1. The van der Waals surface area contributed by atoms with Crippen LogP contribution < -0.4 is 22.0 Å². The standard InChI is InChI=1S/C16H17N7O4S/c1-9-14(28-16(18-9)22-19-10(2)24)13(20-21-15(17)25)8-5-11-3-6-12(7-4-11)23(26)27/h3-8H,1-2H3,(H,18,22)(H,19,24)(H3,17,21,25)/b8-5?,20-13+. The molecule has 0 saturated carbocycles. The molecule has 5 N–H and O–H groups in total. The summed E-state index contributed by atoms with van der Waals surface area (Å²) >= 11 is 1.20. The molecule has 2 aromatic rings. The van der Waals surface area contributed by atoms with Gasteiger partial charge < -0.3 is 5.73 Å². The van der Waals surface area contributed by atoms with Crippen LogP contribution in [-0.4, -0.2) is 27.6 Å². The van der Waals surface area contributed by atoms with E-state index in [9.17, 15) is 19.7 Å². The van der Waals surface area contributed by atoms with Crippen molar-refractivity contribution in [3.63, 3.8) is 0 Å². The highest BCUT2D eigenvalue weighted by Gasteiger charge is 2.13. The van der Waals surface area contributed by atoms with E-state index in [-0.39, 0.29) is 11.6 Å². The first-order valence-electron chi connectivity index (χ1n) is 7.82. The number of hydrazine groups is 1. The number of thiazole rings is 1. The van der Waals surface area contributed by atoms with Crippen molar-refractivity contribution in [2.24, 2.45) is 10.8 Å². The number of hydrogen-bond acceptors (Lipinski definition) is 8. The molecule has 0 spiro atoms. The number of allylic oxidation sites excluding steroid dienone is 1. The Balaban J connectivity index is 2.29. The summed E-state index contributed by atoms with van der Waals surface area (Å²) in [5.74, 6) is -0.281. The third kappa shape index (κ3) is 5.88. The average molecular weight is 403 g/mol. The molecule has 0 aliphatic carbocycles. The van der Waals surface area contributed by atoms with Crippen LogP contribution in [0.1, 0.15) is 23.1 Å². The minimum absolute atomic E-state index is 0.0200. The van der Waals surface area contributed by atoms with Gasteiger partial charge in [0.05, 0.1) is 15.5 Å². The molecule has 0 bridgehead atoms. The van der Waals surface area contributed by atoms with E-state index in [4.69, 9.17) is 5.73 Å². The van der Waals surface area contributed by atoms with Gasteiger partial charge in [-0.2, -0.15) is 5.10 Å². The van der Waals surface area contributed by atoms with Crippen LogP contribution in [-0.2, 0) is 4.79 Å². The number of nitrogens with zero attached hydrogens (tertiary/aromatic N) is 3. The first-order chi connectivity index (χ1) is 13.3. The Morgan fingerprint density at radius 2 is 2.00 bits per heavy atom. The number of urea groups is 1. The Morgan fingerprint density at radius 3 is 2.57 bits per heavy atom. The second-order valence-electron chi connectivity index (χ2n) is 5.39. The Labute approximate surface area is 163 Å². The van der Waals surface area contributed by atoms with E-state index in [0.29, 0.717) is 27.0 Å². The van der Waals surface area contributed by atoms with E-state index in [2.05, 4.69) is 26.4 Å². The lowest BCUT2D eigenvalue weighted by atomic mass is 10.1. The number of carbonyl (C=O) groups is 2. The fraction of sp³-hybridized carbons (Fsp3) is 0.125. The van der Waals surface area contributed by atoms with Crippen LogP contribution >= 0.6 is 11.3 Å². The summed E-state index contributed by atoms with van der Waals surface area (Å²) in [7, 11) is 0. The summed E-state index contributed by atoms with van der Waals surface area (Å²) in [6.45, 7) is 3.09. The molecule has 1 aromatic carbocycles. The molecule has 3 amide bonds. The van der Waals surface area contributed by atoms with Gasteiger partial charge in [0.25, 0.3) is 5.69 Å². The van der Waals surface area contributed by atoms with Gasteiger partial charge in [-0.3, -0.25) is 25.8 Å². The van der Waals surface area contributed by atoms with Gasteiger partial charge in [-0.25, -0.2) is 15.2 Å². The van der Waals surface area contributed by atoms with Gasteiger partial charge in [0.2, 0.25) is 11.0 Å². The fourth-order valence-electron chi connectivity index (χ4n) is 1.99. The lowest BCUT2D eigenvalue weighted by Gasteiger charge is -2.01. The smallest absolute Gasteiger partial charge is 0.332 e. The summed E-state index contributed by atoms with van der Waals surface area (Å²) in [6, 6.07) is 5.09. The van der Waals surface area contributed by atoms with Gasteiger partial charge in [0.15, 0.2) is 0 Å². The molecule has 2 rings (SSSR count). The molecular weight excluding hydrogens is 386 g/mol. The molecule has 0 radical (unpaired) electrons. The maximum absolute atomic E-state index is 11.0. The number of amides is 3. The van der Waals surface area contributed by atoms with E-state index in [1.54, 1.807) is 31.2 Å². The molecule has 0 fully saturated rings. The van der Waals surface area contributed by atoms with E-state index < -0.39 is 11.0 Å². The lowest BCUT2D eigenvalue weighted by Crippen LogP contribution is -2.26. The monoisotopic (exact) mass is 403 g/mol. The van der Waals surface area contributed by atoms with E-state index >= 15 is 0 Å². The highest BCUT2D eigenvalue weighted by Crippen LogP contribution is 2.24. The number of nitro benzene ring substituents is 1. The van der Waals surface area contributed by atoms with Crippen LogP contribution in [0.4, 0.5) is 15.6 Å². The van der Waals surface area contributed by atoms with Crippen molar-refractivity contribution in [3.05, 3.63) is 56.6 Å². The van der Waals surface area contributed by atoms with Crippen LogP contribution in [0.25, 0.3) is 6.08 Å². The minimum Gasteiger partial charge on any atom is -0.350 e. The molecule has 1 aromatic heterocycles. The van der Waals surface area contributed by atoms with Crippen LogP contribution in [0, 0.1) is 17.0 Å². The first kappa shape index (κ1) is 20.5. The molecule has 0 atom stereocenters. The zero-order valence-corrected chi connectivity index (χ0v) is 15.7. The van der Waals surface area contributed by atoms with Crippen molar-refractivity contribution in [3.8, 4) is 0 Å². The number of benzene rings is 1. The number of primary amides is 1. The topological polar surface area (TPSA) is 165 Å². The highest BCUT2D eigenvalue weighted by atomic mass is 32.1. The molecule has 0 unspecified atom stereocenters. The molecular formula is C16H17N7O4S.